The summed E-state index contributed by atoms with van der Waals surface area (Å²) < 4.78 is 61.9. The molecule has 0 heterocycles. The summed E-state index contributed by atoms with van der Waals surface area (Å²) in [6, 6.07) is -0.0485. The highest BCUT2D eigenvalue weighted by Crippen LogP contribution is 2.37. The summed E-state index contributed by atoms with van der Waals surface area (Å²) >= 11 is 0. The van der Waals surface area contributed by atoms with Gasteiger partial charge in [0.25, 0.3) is 0 Å². The van der Waals surface area contributed by atoms with E-state index in [0.717, 1.165) is 6.26 Å². The molecule has 1 aliphatic rings. The van der Waals surface area contributed by atoms with E-state index in [9.17, 15) is 21.6 Å². The van der Waals surface area contributed by atoms with Gasteiger partial charge in [0.2, 0.25) is 10.0 Å². The maximum Gasteiger partial charge on any atom is 0.391 e. The van der Waals surface area contributed by atoms with Crippen LogP contribution in [-0.4, -0.2) is 53.0 Å². The van der Waals surface area contributed by atoms with Crippen molar-refractivity contribution in [2.24, 2.45) is 10.9 Å². The first-order valence-electron chi connectivity index (χ1n) is 7.10. The van der Waals surface area contributed by atoms with Crippen LogP contribution in [0.25, 0.3) is 0 Å². The lowest BCUT2D eigenvalue weighted by atomic mass is 9.85. The van der Waals surface area contributed by atoms with Crippen molar-refractivity contribution in [1.82, 2.24) is 15.4 Å². The molecule has 0 spiro atoms. The lowest BCUT2D eigenvalue weighted by Gasteiger charge is -2.31. The summed E-state index contributed by atoms with van der Waals surface area (Å²) in [7, 11) is -1.68. The minimum absolute atomic E-state index is 0. The molecular formula is C12H24F3IN4O2S. The first kappa shape index (κ1) is 22.7. The summed E-state index contributed by atoms with van der Waals surface area (Å²) in [6.45, 7) is 0.547. The molecule has 0 saturated heterocycles. The first-order valence-corrected chi connectivity index (χ1v) is 8.99. The lowest BCUT2D eigenvalue weighted by molar-refractivity contribution is -0.182. The number of hydrogen-bond donors (Lipinski definition) is 3. The van der Waals surface area contributed by atoms with Crippen LogP contribution in [0.3, 0.4) is 0 Å². The molecule has 0 bridgehead atoms. The van der Waals surface area contributed by atoms with E-state index in [1.54, 1.807) is 7.05 Å². The van der Waals surface area contributed by atoms with Gasteiger partial charge in [0, 0.05) is 26.2 Å². The average Bonchev–Trinajstić information content (AvgIpc) is 2.40. The molecule has 1 rings (SSSR count). The van der Waals surface area contributed by atoms with Gasteiger partial charge < -0.3 is 10.6 Å². The molecule has 0 aromatic carbocycles. The molecule has 138 valence electrons. The second-order valence-corrected chi connectivity index (χ2v) is 7.23. The number of hydrogen-bond acceptors (Lipinski definition) is 3. The fourth-order valence-electron chi connectivity index (χ4n) is 2.37. The standard InChI is InChI=1S/C12H23F3N4O2S.HI/c1-16-11(17-7-8-18-22(2,20)21)19-10-5-3-9(4-6-10)12(13,14)15;/h9-10,18H,3-8H2,1-2H3,(H2,16,17,19);1H. The first-order chi connectivity index (χ1) is 10.1. The fraction of sp³-hybridized carbons (Fsp3) is 0.917. The van der Waals surface area contributed by atoms with Gasteiger partial charge >= 0.3 is 6.18 Å². The molecule has 0 amide bonds. The van der Waals surface area contributed by atoms with E-state index in [2.05, 4.69) is 20.3 Å². The third-order valence-electron chi connectivity index (χ3n) is 3.54. The summed E-state index contributed by atoms with van der Waals surface area (Å²) in [6.07, 6.45) is -1.93. The second-order valence-electron chi connectivity index (χ2n) is 5.40. The van der Waals surface area contributed by atoms with Crippen molar-refractivity contribution >= 4 is 40.0 Å². The highest BCUT2D eigenvalue weighted by atomic mass is 127. The Balaban J connectivity index is 0.00000484. The van der Waals surface area contributed by atoms with Gasteiger partial charge in [0.05, 0.1) is 12.2 Å². The van der Waals surface area contributed by atoms with E-state index in [-0.39, 0.29) is 49.4 Å². The molecule has 1 saturated carbocycles. The van der Waals surface area contributed by atoms with Crippen molar-refractivity contribution < 1.29 is 21.6 Å². The Morgan fingerprint density at radius 1 is 1.17 bits per heavy atom. The van der Waals surface area contributed by atoms with Crippen LogP contribution in [-0.2, 0) is 10.0 Å². The molecule has 0 aromatic heterocycles. The minimum Gasteiger partial charge on any atom is -0.355 e. The molecule has 1 fully saturated rings. The second kappa shape index (κ2) is 9.87. The van der Waals surface area contributed by atoms with Crippen LogP contribution >= 0.6 is 24.0 Å². The minimum atomic E-state index is -4.11. The van der Waals surface area contributed by atoms with E-state index in [1.807, 2.05) is 0 Å². The predicted molar refractivity (Wildman–Crippen MR) is 94.6 cm³/mol. The lowest BCUT2D eigenvalue weighted by Crippen LogP contribution is -2.47. The molecule has 0 aromatic rings. The fourth-order valence-corrected chi connectivity index (χ4v) is 2.84. The third-order valence-corrected chi connectivity index (χ3v) is 4.26. The molecule has 0 unspecified atom stereocenters. The molecular weight excluding hydrogens is 448 g/mol. The van der Waals surface area contributed by atoms with Crippen molar-refractivity contribution in [1.29, 1.82) is 0 Å². The highest BCUT2D eigenvalue weighted by molar-refractivity contribution is 14.0. The maximum absolute atomic E-state index is 12.6. The van der Waals surface area contributed by atoms with Crippen LogP contribution in [0.1, 0.15) is 25.7 Å². The summed E-state index contributed by atoms with van der Waals surface area (Å²) in [5.74, 6) is -0.745. The van der Waals surface area contributed by atoms with E-state index in [1.165, 1.54) is 0 Å². The summed E-state index contributed by atoms with van der Waals surface area (Å²) in [4.78, 5) is 3.98. The van der Waals surface area contributed by atoms with Crippen LogP contribution in [0.4, 0.5) is 13.2 Å². The van der Waals surface area contributed by atoms with Crippen LogP contribution in [0.2, 0.25) is 0 Å². The Morgan fingerprint density at radius 2 is 1.74 bits per heavy atom. The zero-order valence-electron chi connectivity index (χ0n) is 13.1. The quantitative estimate of drug-likeness (QED) is 0.245. The van der Waals surface area contributed by atoms with Gasteiger partial charge in [-0.25, -0.2) is 13.1 Å². The van der Waals surface area contributed by atoms with Crippen LogP contribution in [0.5, 0.6) is 0 Å². The number of halogens is 4. The zero-order chi connectivity index (χ0) is 16.8. The highest BCUT2D eigenvalue weighted by Gasteiger charge is 2.41. The molecule has 6 nitrogen and oxygen atoms in total. The van der Waals surface area contributed by atoms with Crippen molar-refractivity contribution in [3.63, 3.8) is 0 Å². The molecule has 3 N–H and O–H groups in total. The Kier molecular flexibility index (Phi) is 9.74. The van der Waals surface area contributed by atoms with Crippen molar-refractivity contribution in [3.05, 3.63) is 0 Å². The topological polar surface area (TPSA) is 82.6 Å². The summed E-state index contributed by atoms with van der Waals surface area (Å²) in [5.41, 5.74) is 0. The molecule has 0 radical (unpaired) electrons. The Hall–Kier alpha value is -0.300. The largest absolute Gasteiger partial charge is 0.391 e. The predicted octanol–water partition coefficient (Wildman–Crippen LogP) is 1.44. The van der Waals surface area contributed by atoms with Crippen molar-refractivity contribution in [2.45, 2.75) is 37.9 Å². The van der Waals surface area contributed by atoms with Gasteiger partial charge in [0.15, 0.2) is 5.96 Å². The third kappa shape index (κ3) is 9.55. The number of alkyl halides is 3. The van der Waals surface area contributed by atoms with Gasteiger partial charge in [-0.05, 0) is 25.7 Å². The van der Waals surface area contributed by atoms with Crippen LogP contribution in [0, 0.1) is 5.92 Å². The van der Waals surface area contributed by atoms with Crippen LogP contribution < -0.4 is 15.4 Å². The Morgan fingerprint density at radius 3 is 2.17 bits per heavy atom. The van der Waals surface area contributed by atoms with E-state index in [4.69, 9.17) is 0 Å². The van der Waals surface area contributed by atoms with Gasteiger partial charge in [-0.2, -0.15) is 13.2 Å². The Bertz CT molecular complexity index is 477. The number of nitrogens with zero attached hydrogens (tertiary/aromatic N) is 1. The molecule has 0 aliphatic heterocycles. The summed E-state index contributed by atoms with van der Waals surface area (Å²) in [5, 5.41) is 5.99. The van der Waals surface area contributed by atoms with Gasteiger partial charge in [-0.3, -0.25) is 4.99 Å². The molecule has 0 atom stereocenters. The number of nitrogens with one attached hydrogen (secondary N) is 3. The molecule has 11 heteroatoms. The normalized spacial score (nSPS) is 23.1. The number of guanidine groups is 1. The average molecular weight is 472 g/mol. The monoisotopic (exact) mass is 472 g/mol. The van der Waals surface area contributed by atoms with E-state index >= 15 is 0 Å². The van der Waals surface area contributed by atoms with Crippen molar-refractivity contribution in [2.75, 3.05) is 26.4 Å². The number of aliphatic imine (C=N–C) groups is 1. The Labute approximate surface area is 152 Å². The number of sulfonamides is 1. The molecule has 1 aliphatic carbocycles. The van der Waals surface area contributed by atoms with Gasteiger partial charge in [-0.15, -0.1) is 24.0 Å². The van der Waals surface area contributed by atoms with Gasteiger partial charge in [0.1, 0.15) is 0 Å². The maximum atomic E-state index is 12.6. The molecule has 23 heavy (non-hydrogen) atoms. The van der Waals surface area contributed by atoms with E-state index < -0.39 is 22.1 Å². The SMILES string of the molecule is CN=C(NCCNS(C)(=O)=O)NC1CCC(C(F)(F)F)CC1.I. The van der Waals surface area contributed by atoms with Crippen LogP contribution in [0.15, 0.2) is 4.99 Å². The number of rotatable bonds is 5. The zero-order valence-corrected chi connectivity index (χ0v) is 16.3. The van der Waals surface area contributed by atoms with Crippen molar-refractivity contribution in [3.8, 4) is 0 Å². The van der Waals surface area contributed by atoms with Gasteiger partial charge in [-0.1, -0.05) is 0 Å². The van der Waals surface area contributed by atoms with E-state index in [0.29, 0.717) is 25.3 Å². The smallest absolute Gasteiger partial charge is 0.355 e.